The summed E-state index contributed by atoms with van der Waals surface area (Å²) in [5.41, 5.74) is 1.71. The molecule has 0 spiro atoms. The van der Waals surface area contributed by atoms with Crippen molar-refractivity contribution in [2.45, 2.75) is 39.2 Å². The zero-order chi connectivity index (χ0) is 19.1. The number of hydrogen-bond donors (Lipinski definition) is 2. The Balaban J connectivity index is 2.50. The van der Waals surface area contributed by atoms with Crippen molar-refractivity contribution in [2.75, 3.05) is 20.8 Å². The number of nitrogens with one attached hydrogen (secondary N) is 2. The van der Waals surface area contributed by atoms with Crippen LogP contribution in [0.1, 0.15) is 44.7 Å². The van der Waals surface area contributed by atoms with Gasteiger partial charge in [-0.2, -0.15) is 0 Å². The molecule has 0 saturated carbocycles. The maximum atomic E-state index is 12.4. The minimum Gasteiger partial charge on any atom is -0.493 e. The molecule has 0 radical (unpaired) electrons. The summed E-state index contributed by atoms with van der Waals surface area (Å²) in [4.78, 5) is 24.5. The second kappa shape index (κ2) is 9.12. The van der Waals surface area contributed by atoms with E-state index < -0.39 is 12.0 Å². The van der Waals surface area contributed by atoms with Gasteiger partial charge in [0.25, 0.3) is 0 Å². The predicted molar refractivity (Wildman–Crippen MR) is 97.1 cm³/mol. The molecule has 7 heteroatoms. The Morgan fingerprint density at radius 2 is 1.92 bits per heavy atom. The van der Waals surface area contributed by atoms with E-state index in [0.29, 0.717) is 35.8 Å². The largest absolute Gasteiger partial charge is 0.493 e. The number of urea groups is 1. The fourth-order valence-electron chi connectivity index (χ4n) is 2.86. The van der Waals surface area contributed by atoms with Crippen LogP contribution in [0.3, 0.4) is 0 Å². The Hall–Kier alpha value is -2.70. The van der Waals surface area contributed by atoms with Crippen LogP contribution in [0.15, 0.2) is 29.5 Å². The summed E-state index contributed by atoms with van der Waals surface area (Å²) in [5, 5.41) is 5.53. The first-order valence-electron chi connectivity index (χ1n) is 8.75. The molecule has 1 aromatic carbocycles. The molecule has 7 nitrogen and oxygen atoms in total. The molecule has 1 aliphatic heterocycles. The van der Waals surface area contributed by atoms with Crippen molar-refractivity contribution in [3.05, 3.63) is 35.0 Å². The number of rotatable bonds is 8. The van der Waals surface area contributed by atoms with Crippen molar-refractivity contribution in [3.8, 4) is 11.5 Å². The van der Waals surface area contributed by atoms with Gasteiger partial charge in [-0.1, -0.05) is 26.3 Å². The Morgan fingerprint density at radius 3 is 2.54 bits per heavy atom. The summed E-state index contributed by atoms with van der Waals surface area (Å²) in [7, 11) is 2.90. The first kappa shape index (κ1) is 19.6. The lowest BCUT2D eigenvalue weighted by Crippen LogP contribution is -2.45. The number of amides is 2. The molecule has 0 aromatic heterocycles. The lowest BCUT2D eigenvalue weighted by molar-refractivity contribution is -0.136. The molecule has 1 atom stereocenters. The zero-order valence-corrected chi connectivity index (χ0v) is 15.7. The molecule has 2 amide bonds. The van der Waals surface area contributed by atoms with Crippen molar-refractivity contribution < 1.29 is 23.8 Å². The highest BCUT2D eigenvalue weighted by Crippen LogP contribution is 2.35. The fourth-order valence-corrected chi connectivity index (χ4v) is 2.86. The maximum absolute atomic E-state index is 12.4. The second-order valence-electron chi connectivity index (χ2n) is 5.92. The van der Waals surface area contributed by atoms with Crippen molar-refractivity contribution >= 4 is 12.0 Å². The highest BCUT2D eigenvalue weighted by atomic mass is 16.5. The van der Waals surface area contributed by atoms with E-state index in [2.05, 4.69) is 10.6 Å². The van der Waals surface area contributed by atoms with Crippen LogP contribution in [-0.4, -0.2) is 32.8 Å². The first-order valence-corrected chi connectivity index (χ1v) is 8.75. The third-order valence-electron chi connectivity index (χ3n) is 4.04. The van der Waals surface area contributed by atoms with Crippen LogP contribution in [-0.2, 0) is 9.53 Å². The van der Waals surface area contributed by atoms with Crippen LogP contribution in [0.2, 0.25) is 0 Å². The van der Waals surface area contributed by atoms with Gasteiger partial charge in [0.15, 0.2) is 11.5 Å². The number of methoxy groups -OCH3 is 2. The van der Waals surface area contributed by atoms with Crippen LogP contribution >= 0.6 is 0 Å². The van der Waals surface area contributed by atoms with Gasteiger partial charge in [-0.25, -0.2) is 9.59 Å². The molecule has 0 saturated heterocycles. The quantitative estimate of drug-likeness (QED) is 0.694. The monoisotopic (exact) mass is 362 g/mol. The van der Waals surface area contributed by atoms with Gasteiger partial charge in [0, 0.05) is 5.70 Å². The van der Waals surface area contributed by atoms with Gasteiger partial charge in [0.2, 0.25) is 0 Å². The van der Waals surface area contributed by atoms with Gasteiger partial charge in [-0.3, -0.25) is 0 Å². The summed E-state index contributed by atoms with van der Waals surface area (Å²) in [6.07, 6.45) is 2.21. The average Bonchev–Trinajstić information content (AvgIpc) is 2.65. The standard InChI is InChI=1S/C19H26N2O5/c1-5-7-13-16(18(22)25-4)17(21-19(23)20-13)12-8-9-14(24-3)15(11-12)26-10-6-2/h8-9,11,17H,5-7,10H2,1-4H3,(H2,20,21,23). The van der Waals surface area contributed by atoms with Gasteiger partial charge < -0.3 is 24.8 Å². The van der Waals surface area contributed by atoms with Gasteiger partial charge in [0.1, 0.15) is 0 Å². The van der Waals surface area contributed by atoms with Crippen molar-refractivity contribution in [1.82, 2.24) is 10.6 Å². The number of ether oxygens (including phenoxy) is 3. The van der Waals surface area contributed by atoms with Crippen LogP contribution < -0.4 is 20.1 Å². The lowest BCUT2D eigenvalue weighted by atomic mass is 9.93. The zero-order valence-electron chi connectivity index (χ0n) is 15.7. The summed E-state index contributed by atoms with van der Waals surface area (Å²) in [6, 6.07) is 4.39. The van der Waals surface area contributed by atoms with E-state index in [0.717, 1.165) is 18.4 Å². The molecule has 1 heterocycles. The molecule has 1 unspecified atom stereocenters. The van der Waals surface area contributed by atoms with Crippen molar-refractivity contribution in [3.63, 3.8) is 0 Å². The van der Waals surface area contributed by atoms with Gasteiger partial charge in [0.05, 0.1) is 32.4 Å². The van der Waals surface area contributed by atoms with E-state index in [1.807, 2.05) is 13.8 Å². The van der Waals surface area contributed by atoms with Crippen molar-refractivity contribution in [2.24, 2.45) is 0 Å². The average molecular weight is 362 g/mol. The number of allylic oxidation sites excluding steroid dienone is 1. The molecule has 26 heavy (non-hydrogen) atoms. The summed E-state index contributed by atoms with van der Waals surface area (Å²) in [5.74, 6) is 0.693. The van der Waals surface area contributed by atoms with E-state index in [1.54, 1.807) is 25.3 Å². The number of carbonyl (C=O) groups is 2. The lowest BCUT2D eigenvalue weighted by Gasteiger charge is -2.29. The minimum absolute atomic E-state index is 0.349. The maximum Gasteiger partial charge on any atom is 0.337 e. The number of esters is 1. The smallest absolute Gasteiger partial charge is 0.337 e. The van der Waals surface area contributed by atoms with Crippen LogP contribution in [0.25, 0.3) is 0 Å². The second-order valence-corrected chi connectivity index (χ2v) is 5.92. The third kappa shape index (κ3) is 4.28. The van der Waals surface area contributed by atoms with E-state index in [4.69, 9.17) is 14.2 Å². The minimum atomic E-state index is -0.618. The Kier molecular flexibility index (Phi) is 6.89. The number of hydrogen-bond acceptors (Lipinski definition) is 5. The first-order chi connectivity index (χ1) is 12.5. The number of benzene rings is 1. The van der Waals surface area contributed by atoms with Crippen LogP contribution in [0, 0.1) is 0 Å². The third-order valence-corrected chi connectivity index (χ3v) is 4.04. The van der Waals surface area contributed by atoms with Crippen LogP contribution in [0.5, 0.6) is 11.5 Å². The van der Waals surface area contributed by atoms with Crippen LogP contribution in [0.4, 0.5) is 4.79 Å². The van der Waals surface area contributed by atoms with E-state index in [9.17, 15) is 9.59 Å². The van der Waals surface area contributed by atoms with Gasteiger partial charge >= 0.3 is 12.0 Å². The molecule has 2 N–H and O–H groups in total. The van der Waals surface area contributed by atoms with E-state index >= 15 is 0 Å². The summed E-state index contributed by atoms with van der Waals surface area (Å²) < 4.78 is 16.0. The molecule has 2 rings (SSSR count). The van der Waals surface area contributed by atoms with Crippen molar-refractivity contribution in [1.29, 1.82) is 0 Å². The van der Waals surface area contributed by atoms with E-state index in [-0.39, 0.29) is 6.03 Å². The SMILES string of the molecule is CCCOc1cc(C2NC(=O)NC(CCC)=C2C(=O)OC)ccc1OC. The topological polar surface area (TPSA) is 85.9 Å². The summed E-state index contributed by atoms with van der Waals surface area (Å²) in [6.45, 7) is 4.53. The normalized spacial score (nSPS) is 16.6. The highest BCUT2D eigenvalue weighted by Gasteiger charge is 2.33. The molecule has 0 aliphatic carbocycles. The molecule has 142 valence electrons. The molecular weight excluding hydrogens is 336 g/mol. The molecule has 1 aromatic rings. The predicted octanol–water partition coefficient (Wildman–Crippen LogP) is 3.07. The molecule has 1 aliphatic rings. The van der Waals surface area contributed by atoms with Gasteiger partial charge in [-0.05, 0) is 30.5 Å². The summed E-state index contributed by atoms with van der Waals surface area (Å²) >= 11 is 0. The Bertz CT molecular complexity index is 699. The molecular formula is C19H26N2O5. The van der Waals surface area contributed by atoms with Gasteiger partial charge in [-0.15, -0.1) is 0 Å². The number of carbonyl (C=O) groups excluding carboxylic acids is 2. The van der Waals surface area contributed by atoms with E-state index in [1.165, 1.54) is 7.11 Å². The fraction of sp³-hybridized carbons (Fsp3) is 0.474. The highest BCUT2D eigenvalue weighted by molar-refractivity contribution is 5.95. The Morgan fingerprint density at radius 1 is 1.15 bits per heavy atom. The Labute approximate surface area is 153 Å². The molecule has 0 fully saturated rings. The molecule has 0 bridgehead atoms.